The zero-order valence-corrected chi connectivity index (χ0v) is 11.4. The van der Waals surface area contributed by atoms with E-state index in [1.165, 1.54) is 6.33 Å². The Morgan fingerprint density at radius 3 is 2.80 bits per heavy atom. The minimum absolute atomic E-state index is 0.0272. The van der Waals surface area contributed by atoms with Gasteiger partial charge in [-0.3, -0.25) is 0 Å². The molecule has 0 amide bonds. The summed E-state index contributed by atoms with van der Waals surface area (Å²) in [5, 5.41) is 4.29. The van der Waals surface area contributed by atoms with E-state index in [0.717, 1.165) is 28.2 Å². The minimum Gasteiger partial charge on any atom is -0.464 e. The molecular weight excluding hydrogens is 252 g/mol. The van der Waals surface area contributed by atoms with Crippen LogP contribution in [0.4, 0.5) is 11.5 Å². The first kappa shape index (κ1) is 12.5. The van der Waals surface area contributed by atoms with Crippen molar-refractivity contribution in [1.82, 2.24) is 9.97 Å². The van der Waals surface area contributed by atoms with Gasteiger partial charge in [-0.2, -0.15) is 0 Å². The van der Waals surface area contributed by atoms with Gasteiger partial charge in [0.15, 0.2) is 0 Å². The lowest BCUT2D eigenvalue weighted by Gasteiger charge is -2.13. The minimum atomic E-state index is 0.0272. The van der Waals surface area contributed by atoms with E-state index < -0.39 is 0 Å². The first-order valence-corrected chi connectivity index (χ1v) is 6.46. The summed E-state index contributed by atoms with van der Waals surface area (Å²) < 4.78 is 5.62. The second-order valence-corrected chi connectivity index (χ2v) is 4.81. The number of nitrogens with one attached hydrogen (secondary N) is 1. The van der Waals surface area contributed by atoms with Gasteiger partial charge in [0.25, 0.3) is 0 Å². The molecule has 20 heavy (non-hydrogen) atoms. The lowest BCUT2D eigenvalue weighted by atomic mass is 10.2. The molecule has 0 aliphatic heterocycles. The zero-order valence-electron chi connectivity index (χ0n) is 11.4. The molecule has 0 aliphatic carbocycles. The lowest BCUT2D eigenvalue weighted by molar-refractivity contribution is 0.466. The summed E-state index contributed by atoms with van der Waals surface area (Å²) >= 11 is 0. The molecule has 2 aromatic heterocycles. The van der Waals surface area contributed by atoms with Gasteiger partial charge in [-0.1, -0.05) is 0 Å². The van der Waals surface area contributed by atoms with Crippen LogP contribution in [-0.4, -0.2) is 9.97 Å². The molecule has 5 nitrogen and oxygen atoms in total. The maximum absolute atomic E-state index is 5.77. The summed E-state index contributed by atoms with van der Waals surface area (Å²) in [5.41, 5.74) is 7.29. The van der Waals surface area contributed by atoms with E-state index in [1.54, 1.807) is 0 Å². The number of nitrogens with two attached hydrogens (primary N) is 1. The Labute approximate surface area is 116 Å². The van der Waals surface area contributed by atoms with Crippen LogP contribution < -0.4 is 11.1 Å². The van der Waals surface area contributed by atoms with Gasteiger partial charge in [0.1, 0.15) is 23.7 Å². The second kappa shape index (κ2) is 4.85. The molecule has 102 valence electrons. The SMILES string of the molecule is Cc1ccc(C(C)Nc2ncnc3cc(N)ccc23)o1. The molecular formula is C15H16N4O. The van der Waals surface area contributed by atoms with Crippen molar-refractivity contribution in [2.24, 2.45) is 0 Å². The van der Waals surface area contributed by atoms with E-state index >= 15 is 0 Å². The summed E-state index contributed by atoms with van der Waals surface area (Å²) in [4.78, 5) is 8.54. The quantitative estimate of drug-likeness (QED) is 0.713. The van der Waals surface area contributed by atoms with Crippen molar-refractivity contribution in [2.45, 2.75) is 19.9 Å². The van der Waals surface area contributed by atoms with Crippen molar-refractivity contribution in [3.63, 3.8) is 0 Å². The number of hydrogen-bond acceptors (Lipinski definition) is 5. The van der Waals surface area contributed by atoms with Crippen LogP contribution in [0.2, 0.25) is 0 Å². The molecule has 0 fully saturated rings. The first-order valence-electron chi connectivity index (χ1n) is 6.46. The van der Waals surface area contributed by atoms with Crippen LogP contribution in [0.5, 0.6) is 0 Å². The molecule has 2 heterocycles. The highest BCUT2D eigenvalue weighted by molar-refractivity contribution is 5.90. The summed E-state index contributed by atoms with van der Waals surface area (Å²) in [6.07, 6.45) is 1.53. The van der Waals surface area contributed by atoms with Gasteiger partial charge in [0.2, 0.25) is 0 Å². The van der Waals surface area contributed by atoms with Crippen molar-refractivity contribution in [2.75, 3.05) is 11.1 Å². The van der Waals surface area contributed by atoms with Crippen LogP contribution in [0.25, 0.3) is 10.9 Å². The van der Waals surface area contributed by atoms with Gasteiger partial charge < -0.3 is 15.5 Å². The fraction of sp³-hybridized carbons (Fsp3) is 0.200. The van der Waals surface area contributed by atoms with Gasteiger partial charge in [0, 0.05) is 11.1 Å². The Morgan fingerprint density at radius 2 is 2.05 bits per heavy atom. The fourth-order valence-corrected chi connectivity index (χ4v) is 2.15. The monoisotopic (exact) mass is 268 g/mol. The van der Waals surface area contributed by atoms with E-state index in [4.69, 9.17) is 10.2 Å². The molecule has 0 saturated carbocycles. The van der Waals surface area contributed by atoms with Crippen LogP contribution in [0.15, 0.2) is 41.1 Å². The number of anilines is 2. The van der Waals surface area contributed by atoms with E-state index in [0.29, 0.717) is 5.69 Å². The molecule has 0 saturated heterocycles. The Balaban J connectivity index is 1.94. The van der Waals surface area contributed by atoms with Gasteiger partial charge in [-0.25, -0.2) is 9.97 Å². The summed E-state index contributed by atoms with van der Waals surface area (Å²) in [7, 11) is 0. The number of aryl methyl sites for hydroxylation is 1. The number of benzene rings is 1. The van der Waals surface area contributed by atoms with Crippen LogP contribution in [0, 0.1) is 6.92 Å². The average molecular weight is 268 g/mol. The Morgan fingerprint density at radius 1 is 1.20 bits per heavy atom. The highest BCUT2D eigenvalue weighted by Crippen LogP contribution is 2.25. The van der Waals surface area contributed by atoms with E-state index in [2.05, 4.69) is 15.3 Å². The molecule has 3 aromatic rings. The van der Waals surface area contributed by atoms with Gasteiger partial charge in [-0.05, 0) is 44.2 Å². The molecule has 0 bridgehead atoms. The maximum atomic E-state index is 5.77. The molecule has 3 N–H and O–H groups in total. The third-order valence-electron chi connectivity index (χ3n) is 3.20. The molecule has 1 atom stereocenters. The average Bonchev–Trinajstić information content (AvgIpc) is 2.85. The third-order valence-corrected chi connectivity index (χ3v) is 3.20. The van der Waals surface area contributed by atoms with E-state index in [9.17, 15) is 0 Å². The summed E-state index contributed by atoms with van der Waals surface area (Å²) in [5.74, 6) is 2.55. The van der Waals surface area contributed by atoms with Crippen molar-refractivity contribution in [3.8, 4) is 0 Å². The Kier molecular flexibility index (Phi) is 3.02. The van der Waals surface area contributed by atoms with E-state index in [1.807, 2.05) is 44.2 Å². The van der Waals surface area contributed by atoms with Crippen LogP contribution in [-0.2, 0) is 0 Å². The Bertz CT molecular complexity index is 750. The number of nitrogens with zero attached hydrogens (tertiary/aromatic N) is 2. The highest BCUT2D eigenvalue weighted by atomic mass is 16.3. The number of furan rings is 1. The van der Waals surface area contributed by atoms with Crippen LogP contribution >= 0.6 is 0 Å². The fourth-order valence-electron chi connectivity index (χ4n) is 2.15. The molecule has 0 aliphatic rings. The van der Waals surface area contributed by atoms with Gasteiger partial charge >= 0.3 is 0 Å². The predicted molar refractivity (Wildman–Crippen MR) is 79.4 cm³/mol. The van der Waals surface area contributed by atoms with Gasteiger partial charge in [0.05, 0.1) is 11.6 Å². The van der Waals surface area contributed by atoms with E-state index in [-0.39, 0.29) is 6.04 Å². The number of aromatic nitrogens is 2. The third kappa shape index (κ3) is 2.30. The molecule has 5 heteroatoms. The molecule has 0 radical (unpaired) electrons. The van der Waals surface area contributed by atoms with Gasteiger partial charge in [-0.15, -0.1) is 0 Å². The number of hydrogen-bond donors (Lipinski definition) is 2. The number of nitrogen functional groups attached to an aromatic ring is 1. The second-order valence-electron chi connectivity index (χ2n) is 4.81. The van der Waals surface area contributed by atoms with Crippen molar-refractivity contribution < 1.29 is 4.42 Å². The largest absolute Gasteiger partial charge is 0.464 e. The molecule has 0 spiro atoms. The smallest absolute Gasteiger partial charge is 0.137 e. The van der Waals surface area contributed by atoms with Crippen molar-refractivity contribution >= 4 is 22.4 Å². The normalized spacial score (nSPS) is 12.5. The summed E-state index contributed by atoms with van der Waals surface area (Å²) in [6.45, 7) is 3.96. The molecule has 1 aromatic carbocycles. The highest BCUT2D eigenvalue weighted by Gasteiger charge is 2.12. The zero-order chi connectivity index (χ0) is 14.1. The summed E-state index contributed by atoms with van der Waals surface area (Å²) in [6, 6.07) is 9.55. The standard InChI is InChI=1S/C15H16N4O/c1-9-3-6-14(20-9)10(2)19-15-12-5-4-11(16)7-13(12)17-8-18-15/h3-8,10H,16H2,1-2H3,(H,17,18,19). The van der Waals surface area contributed by atoms with Crippen LogP contribution in [0.1, 0.15) is 24.5 Å². The number of fused-ring (bicyclic) bond motifs is 1. The Hall–Kier alpha value is -2.56. The predicted octanol–water partition coefficient (Wildman–Crippen LogP) is 3.29. The maximum Gasteiger partial charge on any atom is 0.137 e. The topological polar surface area (TPSA) is 77.0 Å². The molecule has 1 unspecified atom stereocenters. The van der Waals surface area contributed by atoms with Crippen molar-refractivity contribution in [3.05, 3.63) is 48.2 Å². The molecule has 3 rings (SSSR count). The van der Waals surface area contributed by atoms with Crippen molar-refractivity contribution in [1.29, 1.82) is 0 Å². The van der Waals surface area contributed by atoms with Crippen LogP contribution in [0.3, 0.4) is 0 Å². The number of rotatable bonds is 3. The first-order chi connectivity index (χ1) is 9.63. The lowest BCUT2D eigenvalue weighted by Crippen LogP contribution is -2.07.